The van der Waals surface area contributed by atoms with Crippen LogP contribution < -0.4 is 15.0 Å². The Kier molecular flexibility index (Phi) is 7.76. The molecule has 1 heterocycles. The van der Waals surface area contributed by atoms with Crippen LogP contribution in [-0.2, 0) is 16.2 Å². The summed E-state index contributed by atoms with van der Waals surface area (Å²) in [5.41, 5.74) is 1.45. The molecule has 1 N–H and O–H groups in total. The number of imide groups is 2. The van der Waals surface area contributed by atoms with Crippen molar-refractivity contribution in [3.63, 3.8) is 0 Å². The minimum absolute atomic E-state index is 0.0464. The van der Waals surface area contributed by atoms with Crippen LogP contribution in [0.1, 0.15) is 16.7 Å². The summed E-state index contributed by atoms with van der Waals surface area (Å²) in [5, 5.41) is 13.4. The van der Waals surface area contributed by atoms with E-state index in [0.717, 1.165) is 4.90 Å². The number of carbonyl (C=O) groups is 3. The lowest BCUT2D eigenvalue weighted by Crippen LogP contribution is -2.54. The first-order chi connectivity index (χ1) is 17.6. The molecule has 1 fully saturated rings. The summed E-state index contributed by atoms with van der Waals surface area (Å²) in [4.78, 5) is 49.9. The molecule has 4 amide bonds. The third-order valence-corrected chi connectivity index (χ3v) is 6.91. The van der Waals surface area contributed by atoms with Crippen LogP contribution in [0.5, 0.6) is 5.75 Å². The monoisotopic (exact) mass is 647 g/mol. The summed E-state index contributed by atoms with van der Waals surface area (Å²) in [6.45, 7) is 1.72. The molecule has 188 valence electrons. The van der Waals surface area contributed by atoms with Gasteiger partial charge in [0.2, 0.25) is 0 Å². The van der Waals surface area contributed by atoms with Crippen molar-refractivity contribution in [2.45, 2.75) is 13.5 Å². The van der Waals surface area contributed by atoms with Crippen molar-refractivity contribution >= 4 is 78.8 Å². The molecule has 12 heteroatoms. The Hall–Kier alpha value is -3.54. The van der Waals surface area contributed by atoms with Crippen molar-refractivity contribution in [2.24, 2.45) is 0 Å². The van der Waals surface area contributed by atoms with Crippen LogP contribution in [0.15, 0.2) is 69.1 Å². The van der Waals surface area contributed by atoms with Crippen LogP contribution in [0.2, 0.25) is 5.02 Å². The van der Waals surface area contributed by atoms with E-state index in [2.05, 4.69) is 37.2 Å². The molecule has 0 spiro atoms. The van der Waals surface area contributed by atoms with E-state index in [1.165, 1.54) is 18.2 Å². The molecule has 0 aromatic heterocycles. The van der Waals surface area contributed by atoms with Crippen LogP contribution in [0.4, 0.5) is 16.2 Å². The Bertz CT molecular complexity index is 1490. The number of anilines is 1. The van der Waals surface area contributed by atoms with Gasteiger partial charge in [-0.25, -0.2) is 9.69 Å². The molecule has 3 aromatic rings. The molecule has 9 nitrogen and oxygen atoms in total. The first-order valence-corrected chi connectivity index (χ1v) is 12.5. The van der Waals surface area contributed by atoms with Crippen LogP contribution in [0, 0.1) is 17.0 Å². The van der Waals surface area contributed by atoms with Gasteiger partial charge in [0, 0.05) is 27.2 Å². The van der Waals surface area contributed by atoms with E-state index in [0.29, 0.717) is 36.4 Å². The number of barbiturate groups is 1. The van der Waals surface area contributed by atoms with E-state index in [1.54, 1.807) is 49.4 Å². The third kappa shape index (κ3) is 5.58. The largest absolute Gasteiger partial charge is 0.487 e. The second-order valence-electron chi connectivity index (χ2n) is 7.86. The zero-order valence-electron chi connectivity index (χ0n) is 19.0. The van der Waals surface area contributed by atoms with Crippen molar-refractivity contribution in [1.29, 1.82) is 0 Å². The Morgan fingerprint density at radius 1 is 1.11 bits per heavy atom. The number of amides is 4. The number of ether oxygens (including phenoxy) is 1. The van der Waals surface area contributed by atoms with Crippen LogP contribution in [0.25, 0.3) is 6.08 Å². The number of non-ortho nitro benzene ring substituents is 1. The van der Waals surface area contributed by atoms with Gasteiger partial charge in [-0.1, -0.05) is 33.6 Å². The Morgan fingerprint density at radius 3 is 2.49 bits per heavy atom. The summed E-state index contributed by atoms with van der Waals surface area (Å²) in [6, 6.07) is 13.1. The predicted octanol–water partition coefficient (Wildman–Crippen LogP) is 6.33. The zero-order valence-corrected chi connectivity index (χ0v) is 22.9. The van der Waals surface area contributed by atoms with Gasteiger partial charge in [0.15, 0.2) is 0 Å². The summed E-state index contributed by atoms with van der Waals surface area (Å²) < 4.78 is 7.13. The minimum atomic E-state index is -0.886. The van der Waals surface area contributed by atoms with Crippen molar-refractivity contribution < 1.29 is 24.0 Å². The highest BCUT2D eigenvalue weighted by molar-refractivity contribution is 9.11. The van der Waals surface area contributed by atoms with Gasteiger partial charge >= 0.3 is 6.03 Å². The quantitative estimate of drug-likeness (QED) is 0.144. The average molecular weight is 650 g/mol. The molecule has 0 saturated carbocycles. The van der Waals surface area contributed by atoms with Gasteiger partial charge in [-0.05, 0) is 76.5 Å². The van der Waals surface area contributed by atoms with Crippen LogP contribution in [-0.4, -0.2) is 22.8 Å². The number of hydrogen-bond acceptors (Lipinski definition) is 6. The normalized spacial score (nSPS) is 14.6. The van der Waals surface area contributed by atoms with Gasteiger partial charge < -0.3 is 4.74 Å². The second kappa shape index (κ2) is 10.8. The molecule has 1 saturated heterocycles. The highest BCUT2D eigenvalue weighted by atomic mass is 79.9. The fourth-order valence-corrected chi connectivity index (χ4v) is 5.12. The van der Waals surface area contributed by atoms with Crippen LogP contribution in [0.3, 0.4) is 0 Å². The van der Waals surface area contributed by atoms with Crippen molar-refractivity contribution in [3.05, 3.63) is 101 Å². The molecule has 0 atom stereocenters. The maximum Gasteiger partial charge on any atom is 0.335 e. The fraction of sp³-hybridized carbons (Fsp3) is 0.0800. The van der Waals surface area contributed by atoms with E-state index in [4.69, 9.17) is 16.3 Å². The molecule has 0 bridgehead atoms. The number of nitro groups is 1. The number of rotatable bonds is 6. The number of nitrogens with zero attached hydrogens (tertiary/aromatic N) is 2. The molecule has 0 aliphatic carbocycles. The smallest absolute Gasteiger partial charge is 0.335 e. The maximum absolute atomic E-state index is 13.4. The number of nitrogens with one attached hydrogen (secondary N) is 1. The number of nitro benzene ring substituents is 1. The van der Waals surface area contributed by atoms with Gasteiger partial charge in [-0.2, -0.15) is 0 Å². The molecule has 37 heavy (non-hydrogen) atoms. The lowest BCUT2D eigenvalue weighted by atomic mass is 10.0. The van der Waals surface area contributed by atoms with Gasteiger partial charge in [-0.3, -0.25) is 25.0 Å². The van der Waals surface area contributed by atoms with Crippen molar-refractivity contribution in [1.82, 2.24) is 5.32 Å². The number of hydrogen-bond donors (Lipinski definition) is 1. The Labute approximate surface area is 232 Å². The number of urea groups is 1. The lowest BCUT2D eigenvalue weighted by molar-refractivity contribution is -0.384. The standard InChI is InChI=1S/C25H16Br2ClN3O6/c1-13-20(28)3-2-4-21(13)30-24(33)18(23(32)29-25(30)34)10-15-9-16(26)11-19(27)22(15)37-12-14-5-7-17(8-6-14)31(35)36/h2-11H,12H2,1H3,(H,29,32,34)/b18-10+. The molecule has 4 rings (SSSR count). The van der Waals surface area contributed by atoms with E-state index >= 15 is 0 Å². The minimum Gasteiger partial charge on any atom is -0.487 e. The van der Waals surface area contributed by atoms with Crippen molar-refractivity contribution in [2.75, 3.05) is 4.90 Å². The summed E-state index contributed by atoms with van der Waals surface area (Å²) in [7, 11) is 0. The molecular weight excluding hydrogens is 634 g/mol. The van der Waals surface area contributed by atoms with Gasteiger partial charge in [-0.15, -0.1) is 0 Å². The SMILES string of the molecule is Cc1c(Cl)cccc1N1C(=O)NC(=O)/C(=C\c2cc(Br)cc(Br)c2OCc2ccc([N+](=O)[O-])cc2)C1=O. The number of benzene rings is 3. The summed E-state index contributed by atoms with van der Waals surface area (Å²) in [6.07, 6.45) is 1.33. The maximum atomic E-state index is 13.4. The predicted molar refractivity (Wildman–Crippen MR) is 144 cm³/mol. The molecule has 0 radical (unpaired) electrons. The molecule has 0 unspecified atom stereocenters. The number of carbonyl (C=O) groups excluding carboxylic acids is 3. The highest BCUT2D eigenvalue weighted by Gasteiger charge is 2.38. The Morgan fingerprint density at radius 2 is 1.81 bits per heavy atom. The van der Waals surface area contributed by atoms with Gasteiger partial charge in [0.25, 0.3) is 17.5 Å². The fourth-order valence-electron chi connectivity index (χ4n) is 3.58. The summed E-state index contributed by atoms with van der Waals surface area (Å²) >= 11 is 13.0. The lowest BCUT2D eigenvalue weighted by Gasteiger charge is -2.28. The van der Waals surface area contributed by atoms with E-state index in [1.807, 2.05) is 0 Å². The van der Waals surface area contributed by atoms with E-state index < -0.39 is 22.8 Å². The first kappa shape index (κ1) is 26.5. The summed E-state index contributed by atoms with van der Waals surface area (Å²) in [5.74, 6) is -1.36. The Balaban J connectivity index is 1.70. The third-order valence-electron chi connectivity index (χ3n) is 5.45. The van der Waals surface area contributed by atoms with Crippen LogP contribution >= 0.6 is 43.5 Å². The molecular formula is C25H16Br2ClN3O6. The molecule has 1 aliphatic heterocycles. The van der Waals surface area contributed by atoms with Crippen molar-refractivity contribution in [3.8, 4) is 5.75 Å². The molecule has 3 aromatic carbocycles. The zero-order chi connectivity index (χ0) is 26.9. The van der Waals surface area contributed by atoms with E-state index in [9.17, 15) is 24.5 Å². The first-order valence-electron chi connectivity index (χ1n) is 10.6. The van der Waals surface area contributed by atoms with E-state index in [-0.39, 0.29) is 23.6 Å². The second-order valence-corrected chi connectivity index (χ2v) is 10.0. The van der Waals surface area contributed by atoms with Gasteiger partial charge in [0.1, 0.15) is 17.9 Å². The topological polar surface area (TPSA) is 119 Å². The molecule has 1 aliphatic rings. The highest BCUT2D eigenvalue weighted by Crippen LogP contribution is 2.36. The van der Waals surface area contributed by atoms with Gasteiger partial charge in [0.05, 0.1) is 15.1 Å². The average Bonchev–Trinajstić information content (AvgIpc) is 2.84. The number of halogens is 3.